The standard InChI is InChI=1S/C18H31N3/c1-4-6-13-21-14-8-7-11-17(21)16-10-9-12-19-18(16)20-15(3)5-2/h9-10,12,15,17H,4-8,11,13-14H2,1-3H3,(H,19,20)/t15-,17-/m0/s1. The van der Waals surface area contributed by atoms with Crippen molar-refractivity contribution >= 4 is 5.82 Å². The maximum absolute atomic E-state index is 4.62. The molecule has 0 radical (unpaired) electrons. The zero-order valence-corrected chi connectivity index (χ0v) is 13.9. The second-order valence-corrected chi connectivity index (χ2v) is 6.30. The molecule has 3 heteroatoms. The number of nitrogens with zero attached hydrogens (tertiary/aromatic N) is 2. The lowest BCUT2D eigenvalue weighted by Gasteiger charge is -2.37. The fourth-order valence-electron chi connectivity index (χ4n) is 3.11. The van der Waals surface area contributed by atoms with Crippen LogP contribution in [0, 0.1) is 0 Å². The van der Waals surface area contributed by atoms with Crippen LogP contribution in [0.4, 0.5) is 5.82 Å². The van der Waals surface area contributed by atoms with Gasteiger partial charge in [0.2, 0.25) is 0 Å². The monoisotopic (exact) mass is 289 g/mol. The van der Waals surface area contributed by atoms with Crippen LogP contribution >= 0.6 is 0 Å². The number of likely N-dealkylation sites (tertiary alicyclic amines) is 1. The molecule has 0 bridgehead atoms. The molecule has 0 saturated carbocycles. The van der Waals surface area contributed by atoms with E-state index in [1.165, 1.54) is 50.8 Å². The highest BCUT2D eigenvalue weighted by molar-refractivity contribution is 5.46. The maximum atomic E-state index is 4.62. The zero-order chi connectivity index (χ0) is 15.1. The van der Waals surface area contributed by atoms with E-state index in [-0.39, 0.29) is 0 Å². The van der Waals surface area contributed by atoms with Crippen LogP contribution in [0.2, 0.25) is 0 Å². The summed E-state index contributed by atoms with van der Waals surface area (Å²) in [5.74, 6) is 1.10. The summed E-state index contributed by atoms with van der Waals surface area (Å²) in [5.41, 5.74) is 1.40. The third-order valence-electron chi connectivity index (χ3n) is 4.61. The predicted octanol–water partition coefficient (Wildman–Crippen LogP) is 4.62. The topological polar surface area (TPSA) is 28.2 Å². The Hall–Kier alpha value is -1.09. The lowest BCUT2D eigenvalue weighted by atomic mass is 9.95. The molecule has 1 aromatic rings. The summed E-state index contributed by atoms with van der Waals surface area (Å²) < 4.78 is 0. The van der Waals surface area contributed by atoms with Crippen LogP contribution in [-0.2, 0) is 0 Å². The van der Waals surface area contributed by atoms with E-state index in [9.17, 15) is 0 Å². The minimum atomic E-state index is 0.478. The van der Waals surface area contributed by atoms with Gasteiger partial charge in [-0.1, -0.05) is 32.8 Å². The molecule has 21 heavy (non-hydrogen) atoms. The molecule has 1 aromatic heterocycles. The van der Waals surface area contributed by atoms with E-state index in [2.05, 4.69) is 48.1 Å². The van der Waals surface area contributed by atoms with Crippen molar-refractivity contribution in [2.24, 2.45) is 0 Å². The van der Waals surface area contributed by atoms with Gasteiger partial charge in [-0.25, -0.2) is 4.98 Å². The average molecular weight is 289 g/mol. The lowest BCUT2D eigenvalue weighted by Crippen LogP contribution is -2.35. The van der Waals surface area contributed by atoms with Crippen molar-refractivity contribution in [1.29, 1.82) is 0 Å². The predicted molar refractivity (Wildman–Crippen MR) is 90.7 cm³/mol. The third-order valence-corrected chi connectivity index (χ3v) is 4.61. The minimum absolute atomic E-state index is 0.478. The van der Waals surface area contributed by atoms with E-state index >= 15 is 0 Å². The number of anilines is 1. The molecule has 2 heterocycles. The van der Waals surface area contributed by atoms with Gasteiger partial charge in [-0.3, -0.25) is 4.90 Å². The molecule has 2 rings (SSSR count). The van der Waals surface area contributed by atoms with Gasteiger partial charge in [0.05, 0.1) is 0 Å². The summed E-state index contributed by atoms with van der Waals surface area (Å²) in [6, 6.07) is 5.38. The number of aromatic nitrogens is 1. The van der Waals surface area contributed by atoms with Gasteiger partial charge in [0.1, 0.15) is 5.82 Å². The van der Waals surface area contributed by atoms with E-state index < -0.39 is 0 Å². The van der Waals surface area contributed by atoms with E-state index in [0.717, 1.165) is 12.2 Å². The van der Waals surface area contributed by atoms with Gasteiger partial charge in [0, 0.05) is 23.8 Å². The number of piperidine rings is 1. The molecule has 0 aliphatic carbocycles. The fraction of sp³-hybridized carbons (Fsp3) is 0.722. The van der Waals surface area contributed by atoms with Crippen LogP contribution in [0.3, 0.4) is 0 Å². The summed E-state index contributed by atoms with van der Waals surface area (Å²) in [6.45, 7) is 9.18. The largest absolute Gasteiger partial charge is 0.367 e. The minimum Gasteiger partial charge on any atom is -0.367 e. The molecule has 0 spiro atoms. The first-order chi connectivity index (χ1) is 10.3. The highest BCUT2D eigenvalue weighted by Crippen LogP contribution is 2.34. The lowest BCUT2D eigenvalue weighted by molar-refractivity contribution is 0.147. The Morgan fingerprint density at radius 3 is 3.00 bits per heavy atom. The number of nitrogens with one attached hydrogen (secondary N) is 1. The van der Waals surface area contributed by atoms with Crippen molar-refractivity contribution in [3.63, 3.8) is 0 Å². The Bertz CT molecular complexity index is 419. The van der Waals surface area contributed by atoms with Crippen molar-refractivity contribution in [1.82, 2.24) is 9.88 Å². The molecule has 118 valence electrons. The second-order valence-electron chi connectivity index (χ2n) is 6.30. The van der Waals surface area contributed by atoms with E-state index in [1.807, 2.05) is 6.20 Å². The Morgan fingerprint density at radius 2 is 2.24 bits per heavy atom. The molecular formula is C18H31N3. The molecule has 1 saturated heterocycles. The molecule has 1 aliphatic rings. The zero-order valence-electron chi connectivity index (χ0n) is 13.9. The number of unbranched alkanes of at least 4 members (excludes halogenated alkanes) is 1. The van der Waals surface area contributed by atoms with Gasteiger partial charge < -0.3 is 5.32 Å². The maximum Gasteiger partial charge on any atom is 0.130 e. The van der Waals surface area contributed by atoms with Crippen LogP contribution < -0.4 is 5.32 Å². The summed E-state index contributed by atoms with van der Waals surface area (Å²) in [7, 11) is 0. The second kappa shape index (κ2) is 8.38. The smallest absolute Gasteiger partial charge is 0.130 e. The summed E-state index contributed by atoms with van der Waals surface area (Å²) in [5, 5.41) is 3.60. The van der Waals surface area contributed by atoms with Gasteiger partial charge in [0.15, 0.2) is 0 Å². The Kier molecular flexibility index (Phi) is 6.50. The van der Waals surface area contributed by atoms with Gasteiger partial charge in [-0.05, 0) is 51.8 Å². The van der Waals surface area contributed by atoms with Gasteiger partial charge in [-0.15, -0.1) is 0 Å². The highest BCUT2D eigenvalue weighted by Gasteiger charge is 2.26. The quantitative estimate of drug-likeness (QED) is 0.794. The molecule has 0 amide bonds. The summed E-state index contributed by atoms with van der Waals surface area (Å²) in [6.07, 6.45) is 9.55. The normalized spacial score (nSPS) is 21.2. The van der Waals surface area contributed by atoms with Crippen molar-refractivity contribution in [3.05, 3.63) is 23.9 Å². The van der Waals surface area contributed by atoms with Crippen LogP contribution in [0.25, 0.3) is 0 Å². The first kappa shape index (κ1) is 16.3. The Labute approximate surface area is 130 Å². The molecule has 2 atom stereocenters. The van der Waals surface area contributed by atoms with E-state index in [0.29, 0.717) is 12.1 Å². The number of rotatable bonds is 7. The summed E-state index contributed by atoms with van der Waals surface area (Å²) >= 11 is 0. The van der Waals surface area contributed by atoms with Crippen LogP contribution in [0.5, 0.6) is 0 Å². The third kappa shape index (κ3) is 4.44. The molecular weight excluding hydrogens is 258 g/mol. The van der Waals surface area contributed by atoms with Gasteiger partial charge in [-0.2, -0.15) is 0 Å². The molecule has 1 fully saturated rings. The van der Waals surface area contributed by atoms with Crippen molar-refractivity contribution in [3.8, 4) is 0 Å². The summed E-state index contributed by atoms with van der Waals surface area (Å²) in [4.78, 5) is 7.29. The van der Waals surface area contributed by atoms with Crippen LogP contribution in [0.1, 0.15) is 70.9 Å². The van der Waals surface area contributed by atoms with Gasteiger partial charge in [0.25, 0.3) is 0 Å². The molecule has 3 nitrogen and oxygen atoms in total. The fourth-order valence-corrected chi connectivity index (χ4v) is 3.11. The number of hydrogen-bond donors (Lipinski definition) is 1. The van der Waals surface area contributed by atoms with Gasteiger partial charge >= 0.3 is 0 Å². The number of pyridine rings is 1. The molecule has 0 aromatic carbocycles. The highest BCUT2D eigenvalue weighted by atomic mass is 15.2. The average Bonchev–Trinajstić information content (AvgIpc) is 2.53. The SMILES string of the molecule is CCCCN1CCCC[C@H]1c1cccnc1N[C@@H](C)CC. The van der Waals surface area contributed by atoms with Crippen molar-refractivity contribution < 1.29 is 0 Å². The number of hydrogen-bond acceptors (Lipinski definition) is 3. The van der Waals surface area contributed by atoms with Crippen molar-refractivity contribution in [2.75, 3.05) is 18.4 Å². The van der Waals surface area contributed by atoms with E-state index in [4.69, 9.17) is 0 Å². The Balaban J connectivity index is 2.17. The molecule has 0 unspecified atom stereocenters. The molecule has 1 N–H and O–H groups in total. The first-order valence-corrected chi connectivity index (χ1v) is 8.71. The van der Waals surface area contributed by atoms with Crippen LogP contribution in [-0.4, -0.2) is 29.0 Å². The Morgan fingerprint density at radius 1 is 1.38 bits per heavy atom. The molecule has 1 aliphatic heterocycles. The van der Waals surface area contributed by atoms with E-state index in [1.54, 1.807) is 0 Å². The van der Waals surface area contributed by atoms with Crippen LogP contribution in [0.15, 0.2) is 18.3 Å². The van der Waals surface area contributed by atoms with Crippen molar-refractivity contribution in [2.45, 2.75) is 71.4 Å². The first-order valence-electron chi connectivity index (χ1n) is 8.71.